The second-order valence-electron chi connectivity index (χ2n) is 8.19. The van der Waals surface area contributed by atoms with Gasteiger partial charge in [0.15, 0.2) is 12.6 Å². The summed E-state index contributed by atoms with van der Waals surface area (Å²) in [6, 6.07) is 0. The third-order valence-electron chi connectivity index (χ3n) is 5.92. The highest BCUT2D eigenvalue weighted by atomic mass is 16.7. The van der Waals surface area contributed by atoms with Gasteiger partial charge in [-0.1, -0.05) is 0 Å². The Labute approximate surface area is 192 Å². The molecule has 1 unspecified atom stereocenters. The van der Waals surface area contributed by atoms with E-state index in [1.54, 1.807) is 0 Å². The highest BCUT2D eigenvalue weighted by molar-refractivity contribution is 5.56. The number of aliphatic hydroxyl groups excluding tert-OH is 12. The Morgan fingerprint density at radius 2 is 1.18 bits per heavy atom. The topological polar surface area (TPSA) is 288 Å². The summed E-state index contributed by atoms with van der Waals surface area (Å²) in [6.07, 6.45) is -29.9. The van der Waals surface area contributed by atoms with Crippen molar-refractivity contribution in [3.8, 4) is 0 Å². The predicted molar refractivity (Wildman–Crippen MR) is 102 cm³/mol. The van der Waals surface area contributed by atoms with Crippen molar-refractivity contribution in [1.82, 2.24) is 0 Å². The third-order valence-corrected chi connectivity index (χ3v) is 5.92. The number of hydrogen-bond donors (Lipinski definition) is 12. The molecule has 0 amide bonds. The molecule has 0 spiro atoms. The number of carbonyl (C=O) groups is 1. The molecule has 2 fully saturated rings. The lowest BCUT2D eigenvalue weighted by Crippen LogP contribution is -2.67. The van der Waals surface area contributed by atoms with E-state index in [0.717, 1.165) is 0 Å². The summed E-state index contributed by atoms with van der Waals surface area (Å²) in [5, 5.41) is 120. The van der Waals surface area contributed by atoms with Crippen molar-refractivity contribution < 1.29 is 80.3 Å². The SMILES string of the molecule is O=C[C@H](O)[C@@H](O)[C@H](O)[C@H](O)C(O[C@H]1O[C@H](CO)[C@@H](O)[C@H](O)[C@H]1O)[C@H]1O[C@H](CO)[C@@H](O)[C@H](O)[C@H]1O. The van der Waals surface area contributed by atoms with Gasteiger partial charge in [-0.25, -0.2) is 0 Å². The molecule has 0 radical (unpaired) electrons. The van der Waals surface area contributed by atoms with Crippen LogP contribution in [0.2, 0.25) is 0 Å². The molecule has 2 heterocycles. The zero-order valence-electron chi connectivity index (χ0n) is 17.7. The maximum atomic E-state index is 10.7. The van der Waals surface area contributed by atoms with Crippen LogP contribution in [-0.4, -0.2) is 173 Å². The van der Waals surface area contributed by atoms with Gasteiger partial charge in [-0.05, 0) is 0 Å². The van der Waals surface area contributed by atoms with Crippen LogP contribution in [-0.2, 0) is 19.0 Å². The first-order valence-electron chi connectivity index (χ1n) is 10.3. The standard InChI is InChI=1S/C18H32O16/c19-1-4(22)7(23)10(26)13(29)17(16-14(30)11(27)8(24)5(2-20)32-16)34-18-15(31)12(28)9(25)6(3-21)33-18/h1,4-18,20-31H,2-3H2/t4-,5+,6+,7+,8+,9+,10-,11-,12-,13-,14+,15+,16-,17?,18+/m0/s1. The molecule has 0 bridgehead atoms. The maximum absolute atomic E-state index is 10.7. The molecule has 16 heteroatoms. The molecular formula is C18H32O16. The third kappa shape index (κ3) is 5.89. The summed E-state index contributed by atoms with van der Waals surface area (Å²) in [7, 11) is 0. The van der Waals surface area contributed by atoms with Crippen molar-refractivity contribution >= 4 is 6.29 Å². The van der Waals surface area contributed by atoms with Crippen molar-refractivity contribution in [2.45, 2.75) is 91.7 Å². The number of hydrogen-bond acceptors (Lipinski definition) is 16. The monoisotopic (exact) mass is 504 g/mol. The zero-order chi connectivity index (χ0) is 25.9. The molecule has 0 aromatic heterocycles. The first-order chi connectivity index (χ1) is 15.9. The second kappa shape index (κ2) is 12.3. The van der Waals surface area contributed by atoms with Gasteiger partial charge in [0.1, 0.15) is 85.5 Å². The van der Waals surface area contributed by atoms with E-state index in [4.69, 9.17) is 14.2 Å². The Bertz CT molecular complexity index is 635. The Hall–Kier alpha value is -0.930. The normalized spacial score (nSPS) is 43.5. The molecule has 2 rings (SSSR count). The molecule has 0 aromatic rings. The molecule has 0 aromatic carbocycles. The smallest absolute Gasteiger partial charge is 0.187 e. The average Bonchev–Trinajstić information content (AvgIpc) is 2.84. The van der Waals surface area contributed by atoms with Crippen LogP contribution >= 0.6 is 0 Å². The van der Waals surface area contributed by atoms with E-state index in [0.29, 0.717) is 0 Å². The van der Waals surface area contributed by atoms with Crippen molar-refractivity contribution in [3.63, 3.8) is 0 Å². The van der Waals surface area contributed by atoms with Gasteiger partial charge in [0.05, 0.1) is 13.2 Å². The minimum Gasteiger partial charge on any atom is -0.394 e. The largest absolute Gasteiger partial charge is 0.394 e. The van der Waals surface area contributed by atoms with Crippen molar-refractivity contribution in [3.05, 3.63) is 0 Å². The van der Waals surface area contributed by atoms with Gasteiger partial charge in [0.25, 0.3) is 0 Å². The molecule has 15 atom stereocenters. The molecule has 200 valence electrons. The lowest BCUT2D eigenvalue weighted by molar-refractivity contribution is -0.343. The van der Waals surface area contributed by atoms with E-state index in [1.165, 1.54) is 0 Å². The molecule has 2 aliphatic heterocycles. The van der Waals surface area contributed by atoms with Gasteiger partial charge in [-0.2, -0.15) is 0 Å². The summed E-state index contributed by atoms with van der Waals surface area (Å²) >= 11 is 0. The molecule has 34 heavy (non-hydrogen) atoms. The predicted octanol–water partition coefficient (Wildman–Crippen LogP) is -8.34. The van der Waals surface area contributed by atoms with Gasteiger partial charge >= 0.3 is 0 Å². The number of rotatable bonds is 10. The lowest BCUT2D eigenvalue weighted by atomic mass is 9.87. The van der Waals surface area contributed by atoms with Gasteiger partial charge in [0.2, 0.25) is 0 Å². The molecule has 0 saturated carbocycles. The second-order valence-corrected chi connectivity index (χ2v) is 8.19. The summed E-state index contributed by atoms with van der Waals surface area (Å²) in [5.74, 6) is 0. The first kappa shape index (κ1) is 29.3. The van der Waals surface area contributed by atoms with Gasteiger partial charge in [-0.3, -0.25) is 0 Å². The Balaban J connectivity index is 2.40. The van der Waals surface area contributed by atoms with E-state index in [9.17, 15) is 66.1 Å². The van der Waals surface area contributed by atoms with Crippen LogP contribution in [0.5, 0.6) is 0 Å². The van der Waals surface area contributed by atoms with E-state index < -0.39 is 105 Å². The Morgan fingerprint density at radius 3 is 1.68 bits per heavy atom. The van der Waals surface area contributed by atoms with E-state index in [1.807, 2.05) is 0 Å². The molecule has 2 aliphatic rings. The molecule has 0 aliphatic carbocycles. The first-order valence-corrected chi connectivity index (χ1v) is 10.3. The molecular weight excluding hydrogens is 472 g/mol. The number of carbonyl (C=O) groups excluding carboxylic acids is 1. The fourth-order valence-electron chi connectivity index (χ4n) is 3.77. The lowest BCUT2D eigenvalue weighted by Gasteiger charge is -2.47. The van der Waals surface area contributed by atoms with Crippen molar-refractivity contribution in [2.24, 2.45) is 0 Å². The van der Waals surface area contributed by atoms with E-state index in [-0.39, 0.29) is 6.29 Å². The summed E-state index contributed by atoms with van der Waals surface area (Å²) in [4.78, 5) is 10.7. The zero-order valence-corrected chi connectivity index (χ0v) is 17.7. The van der Waals surface area contributed by atoms with E-state index in [2.05, 4.69) is 0 Å². The summed E-state index contributed by atoms with van der Waals surface area (Å²) in [6.45, 7) is -1.75. The fraction of sp³-hybridized carbons (Fsp3) is 0.944. The number of aldehydes is 1. The highest BCUT2D eigenvalue weighted by Gasteiger charge is 2.53. The average molecular weight is 504 g/mol. The van der Waals surface area contributed by atoms with Gasteiger partial charge in [0, 0.05) is 0 Å². The quantitative estimate of drug-likeness (QED) is 0.123. The van der Waals surface area contributed by atoms with Crippen LogP contribution in [0.15, 0.2) is 0 Å². The van der Waals surface area contributed by atoms with Gasteiger partial charge < -0.3 is 80.3 Å². The summed E-state index contributed by atoms with van der Waals surface area (Å²) < 4.78 is 15.8. The van der Waals surface area contributed by atoms with Crippen LogP contribution < -0.4 is 0 Å². The number of aliphatic hydroxyl groups is 12. The van der Waals surface area contributed by atoms with Gasteiger partial charge in [-0.15, -0.1) is 0 Å². The number of ether oxygens (including phenoxy) is 3. The van der Waals surface area contributed by atoms with Crippen LogP contribution in [0.25, 0.3) is 0 Å². The van der Waals surface area contributed by atoms with Crippen LogP contribution in [0.4, 0.5) is 0 Å². The highest BCUT2D eigenvalue weighted by Crippen LogP contribution is 2.31. The van der Waals surface area contributed by atoms with Crippen molar-refractivity contribution in [2.75, 3.05) is 13.2 Å². The van der Waals surface area contributed by atoms with E-state index >= 15 is 0 Å². The van der Waals surface area contributed by atoms with Crippen LogP contribution in [0.3, 0.4) is 0 Å². The molecule has 12 N–H and O–H groups in total. The minimum absolute atomic E-state index is 0.151. The molecule has 16 nitrogen and oxygen atoms in total. The maximum Gasteiger partial charge on any atom is 0.187 e. The summed E-state index contributed by atoms with van der Waals surface area (Å²) in [5.41, 5.74) is 0. The Morgan fingerprint density at radius 1 is 0.676 bits per heavy atom. The Kier molecular flexibility index (Phi) is 10.6. The molecule has 2 saturated heterocycles. The van der Waals surface area contributed by atoms with Crippen LogP contribution in [0, 0.1) is 0 Å². The minimum atomic E-state index is -2.37. The van der Waals surface area contributed by atoms with Crippen LogP contribution in [0.1, 0.15) is 0 Å². The van der Waals surface area contributed by atoms with Crippen molar-refractivity contribution in [1.29, 1.82) is 0 Å². The fourth-order valence-corrected chi connectivity index (χ4v) is 3.77.